The van der Waals surface area contributed by atoms with E-state index in [4.69, 9.17) is 0 Å². The molecular formula is C17H14N2O2. The molecule has 1 amide bonds. The van der Waals surface area contributed by atoms with Crippen LogP contribution in [0.1, 0.15) is 15.9 Å². The molecule has 3 rings (SSSR count). The zero-order valence-corrected chi connectivity index (χ0v) is 11.5. The normalized spacial score (nSPS) is 10.5. The maximum Gasteiger partial charge on any atom is 0.256 e. The number of benzene rings is 2. The lowest BCUT2D eigenvalue weighted by molar-refractivity contribution is 0.102. The Morgan fingerprint density at radius 3 is 2.76 bits per heavy atom. The minimum atomic E-state index is -0.220. The van der Waals surface area contributed by atoms with Gasteiger partial charge in [0.25, 0.3) is 5.91 Å². The van der Waals surface area contributed by atoms with Gasteiger partial charge in [-0.1, -0.05) is 18.2 Å². The second-order valence-electron chi connectivity index (χ2n) is 4.78. The van der Waals surface area contributed by atoms with Gasteiger partial charge in [-0.3, -0.25) is 9.78 Å². The van der Waals surface area contributed by atoms with E-state index in [1.54, 1.807) is 49.5 Å². The molecule has 1 heterocycles. The molecule has 0 unspecified atom stereocenters. The molecule has 0 radical (unpaired) electrons. The highest BCUT2D eigenvalue weighted by atomic mass is 16.3. The summed E-state index contributed by atoms with van der Waals surface area (Å²) < 4.78 is 0. The van der Waals surface area contributed by atoms with Gasteiger partial charge >= 0.3 is 0 Å². The summed E-state index contributed by atoms with van der Waals surface area (Å²) in [5.41, 5.74) is 2.58. The lowest BCUT2D eigenvalue weighted by atomic mass is 10.1. The van der Waals surface area contributed by atoms with Crippen molar-refractivity contribution in [2.45, 2.75) is 6.92 Å². The van der Waals surface area contributed by atoms with Crippen molar-refractivity contribution >= 4 is 22.5 Å². The first-order valence-corrected chi connectivity index (χ1v) is 6.60. The van der Waals surface area contributed by atoms with Crippen molar-refractivity contribution in [3.63, 3.8) is 0 Å². The van der Waals surface area contributed by atoms with Crippen LogP contribution in [0.15, 0.2) is 54.7 Å². The highest BCUT2D eigenvalue weighted by Gasteiger charge is 2.12. The Kier molecular flexibility index (Phi) is 3.28. The number of carbonyl (C=O) groups is 1. The second-order valence-corrected chi connectivity index (χ2v) is 4.78. The summed E-state index contributed by atoms with van der Waals surface area (Å²) in [5, 5.41) is 13.3. The topological polar surface area (TPSA) is 62.2 Å². The van der Waals surface area contributed by atoms with E-state index in [1.807, 2.05) is 12.1 Å². The molecule has 0 saturated heterocycles. The van der Waals surface area contributed by atoms with Crippen LogP contribution in [0.3, 0.4) is 0 Å². The second kappa shape index (κ2) is 5.25. The van der Waals surface area contributed by atoms with Crippen molar-refractivity contribution in [2.75, 3.05) is 5.32 Å². The monoisotopic (exact) mass is 278 g/mol. The Balaban J connectivity index is 2.00. The van der Waals surface area contributed by atoms with E-state index in [2.05, 4.69) is 10.3 Å². The van der Waals surface area contributed by atoms with Gasteiger partial charge in [-0.2, -0.15) is 0 Å². The largest absolute Gasteiger partial charge is 0.508 e. The smallest absolute Gasteiger partial charge is 0.256 e. The zero-order chi connectivity index (χ0) is 14.8. The minimum absolute atomic E-state index is 0.160. The molecule has 0 fully saturated rings. The summed E-state index contributed by atoms with van der Waals surface area (Å²) in [6.07, 6.45) is 1.70. The van der Waals surface area contributed by atoms with Crippen LogP contribution < -0.4 is 5.32 Å². The first kappa shape index (κ1) is 13.1. The molecule has 1 aromatic heterocycles. The molecule has 4 heteroatoms. The number of aromatic hydroxyl groups is 1. The number of rotatable bonds is 2. The van der Waals surface area contributed by atoms with Crippen molar-refractivity contribution in [2.24, 2.45) is 0 Å². The van der Waals surface area contributed by atoms with Gasteiger partial charge in [0.1, 0.15) is 5.75 Å². The van der Waals surface area contributed by atoms with E-state index in [0.29, 0.717) is 16.8 Å². The Morgan fingerprint density at radius 1 is 1.10 bits per heavy atom. The Hall–Kier alpha value is -2.88. The van der Waals surface area contributed by atoms with Gasteiger partial charge in [-0.05, 0) is 37.3 Å². The van der Waals surface area contributed by atoms with Crippen LogP contribution in [0.4, 0.5) is 5.69 Å². The van der Waals surface area contributed by atoms with Crippen LogP contribution in [0.2, 0.25) is 0 Å². The van der Waals surface area contributed by atoms with E-state index in [9.17, 15) is 9.90 Å². The standard InChI is InChI=1S/C17H14N2O2/c1-11-14(7-3-9-16(11)20)19-17(21)13-5-2-8-15-12(13)6-4-10-18-15/h2-10,20H,1H3,(H,19,21). The molecule has 0 bridgehead atoms. The SMILES string of the molecule is Cc1c(O)cccc1NC(=O)c1cccc2ncccc12. The fourth-order valence-corrected chi connectivity index (χ4v) is 2.25. The third-order valence-corrected chi connectivity index (χ3v) is 3.44. The highest BCUT2D eigenvalue weighted by molar-refractivity contribution is 6.12. The third kappa shape index (κ3) is 2.43. The molecule has 0 saturated carbocycles. The molecule has 21 heavy (non-hydrogen) atoms. The Bertz CT molecular complexity index is 823. The van der Waals surface area contributed by atoms with Gasteiger partial charge in [-0.25, -0.2) is 0 Å². The number of nitrogens with zero attached hydrogens (tertiary/aromatic N) is 1. The number of phenols is 1. The van der Waals surface area contributed by atoms with E-state index in [-0.39, 0.29) is 11.7 Å². The molecule has 2 aromatic carbocycles. The first-order chi connectivity index (χ1) is 10.2. The number of nitrogens with one attached hydrogen (secondary N) is 1. The average Bonchev–Trinajstić information content (AvgIpc) is 2.51. The number of anilines is 1. The van der Waals surface area contributed by atoms with Crippen LogP contribution in [0.25, 0.3) is 10.9 Å². The molecule has 0 atom stereocenters. The predicted molar refractivity (Wildman–Crippen MR) is 82.5 cm³/mol. The molecule has 0 aliphatic carbocycles. The molecule has 0 aliphatic heterocycles. The number of phenolic OH excluding ortho intramolecular Hbond substituents is 1. The van der Waals surface area contributed by atoms with Crippen molar-refractivity contribution in [1.82, 2.24) is 4.98 Å². The van der Waals surface area contributed by atoms with Gasteiger partial charge in [0.05, 0.1) is 5.52 Å². The molecule has 3 aromatic rings. The van der Waals surface area contributed by atoms with Gasteiger partial charge in [-0.15, -0.1) is 0 Å². The molecule has 0 aliphatic rings. The number of aromatic nitrogens is 1. The maximum absolute atomic E-state index is 12.5. The van der Waals surface area contributed by atoms with Crippen LogP contribution in [0.5, 0.6) is 5.75 Å². The number of fused-ring (bicyclic) bond motifs is 1. The van der Waals surface area contributed by atoms with E-state index in [1.165, 1.54) is 0 Å². The van der Waals surface area contributed by atoms with Crippen LogP contribution in [-0.4, -0.2) is 16.0 Å². The number of amides is 1. The minimum Gasteiger partial charge on any atom is -0.508 e. The van der Waals surface area contributed by atoms with Crippen molar-refractivity contribution in [1.29, 1.82) is 0 Å². The quantitative estimate of drug-likeness (QED) is 0.754. The highest BCUT2D eigenvalue weighted by Crippen LogP contribution is 2.25. The average molecular weight is 278 g/mol. The van der Waals surface area contributed by atoms with Gasteiger partial charge < -0.3 is 10.4 Å². The van der Waals surface area contributed by atoms with Gasteiger partial charge in [0.15, 0.2) is 0 Å². The van der Waals surface area contributed by atoms with E-state index in [0.717, 1.165) is 10.9 Å². The molecular weight excluding hydrogens is 264 g/mol. The lowest BCUT2D eigenvalue weighted by Gasteiger charge is -2.10. The molecule has 104 valence electrons. The zero-order valence-electron chi connectivity index (χ0n) is 11.5. The summed E-state index contributed by atoms with van der Waals surface area (Å²) in [7, 11) is 0. The third-order valence-electron chi connectivity index (χ3n) is 3.44. The fraction of sp³-hybridized carbons (Fsp3) is 0.0588. The number of hydrogen-bond acceptors (Lipinski definition) is 3. The van der Waals surface area contributed by atoms with E-state index >= 15 is 0 Å². The van der Waals surface area contributed by atoms with Gasteiger partial charge in [0.2, 0.25) is 0 Å². The summed E-state index contributed by atoms with van der Waals surface area (Å²) in [6.45, 7) is 1.76. The first-order valence-electron chi connectivity index (χ1n) is 6.60. The number of hydrogen-bond donors (Lipinski definition) is 2. The number of carbonyl (C=O) groups excluding carboxylic acids is 1. The lowest BCUT2D eigenvalue weighted by Crippen LogP contribution is -2.13. The Labute approximate surface area is 122 Å². The van der Waals surface area contributed by atoms with Gasteiger partial charge in [0, 0.05) is 28.4 Å². The number of pyridine rings is 1. The maximum atomic E-state index is 12.5. The molecule has 4 nitrogen and oxygen atoms in total. The molecule has 2 N–H and O–H groups in total. The van der Waals surface area contributed by atoms with Crippen LogP contribution in [-0.2, 0) is 0 Å². The summed E-state index contributed by atoms with van der Waals surface area (Å²) in [4.78, 5) is 16.7. The van der Waals surface area contributed by atoms with Crippen LogP contribution in [0, 0.1) is 6.92 Å². The van der Waals surface area contributed by atoms with Crippen molar-refractivity contribution in [3.8, 4) is 5.75 Å². The van der Waals surface area contributed by atoms with E-state index < -0.39 is 0 Å². The summed E-state index contributed by atoms with van der Waals surface area (Å²) >= 11 is 0. The summed E-state index contributed by atoms with van der Waals surface area (Å²) in [6, 6.07) is 14.2. The molecule has 0 spiro atoms. The van der Waals surface area contributed by atoms with Crippen molar-refractivity contribution in [3.05, 3.63) is 65.9 Å². The van der Waals surface area contributed by atoms with Crippen LogP contribution >= 0.6 is 0 Å². The Morgan fingerprint density at radius 2 is 1.90 bits per heavy atom. The fourth-order valence-electron chi connectivity index (χ4n) is 2.25. The van der Waals surface area contributed by atoms with Crippen molar-refractivity contribution < 1.29 is 9.90 Å². The summed E-state index contributed by atoms with van der Waals surface area (Å²) in [5.74, 6) is -0.0605. The predicted octanol–water partition coefficient (Wildman–Crippen LogP) is 3.50.